The predicted octanol–water partition coefficient (Wildman–Crippen LogP) is 3.88. The maximum atomic E-state index is 10.7. The van der Waals surface area contributed by atoms with Gasteiger partial charge in [0.1, 0.15) is 5.01 Å². The molecule has 0 aliphatic rings. The second kappa shape index (κ2) is 7.87. The number of nitro groups is 1. The largest absolute Gasteiger partial charge is 0.493 e. The third-order valence-electron chi connectivity index (χ3n) is 3.67. The highest BCUT2D eigenvalue weighted by atomic mass is 32.1. The molecule has 3 aromatic rings. The van der Waals surface area contributed by atoms with Gasteiger partial charge in [0.25, 0.3) is 5.69 Å². The number of non-ortho nitro benzene ring substituents is 1. The number of rotatable bonds is 7. The molecular weight excluding hydrogens is 372 g/mol. The second-order valence-corrected chi connectivity index (χ2v) is 6.23. The van der Waals surface area contributed by atoms with E-state index in [4.69, 9.17) is 14.2 Å². The van der Waals surface area contributed by atoms with Crippen LogP contribution in [0.15, 0.2) is 36.4 Å². The van der Waals surface area contributed by atoms with E-state index in [0.717, 1.165) is 5.56 Å². The first kappa shape index (κ1) is 18.4. The number of nitrogens with one attached hydrogen (secondary N) is 1. The van der Waals surface area contributed by atoms with E-state index in [2.05, 4.69) is 15.5 Å². The van der Waals surface area contributed by atoms with Gasteiger partial charge < -0.3 is 19.5 Å². The third-order valence-corrected chi connectivity index (χ3v) is 4.55. The lowest BCUT2D eigenvalue weighted by Gasteiger charge is -2.13. The quantitative estimate of drug-likeness (QED) is 0.480. The molecule has 1 heterocycles. The average Bonchev–Trinajstić information content (AvgIpc) is 3.15. The van der Waals surface area contributed by atoms with Crippen molar-refractivity contribution in [2.75, 3.05) is 26.6 Å². The van der Waals surface area contributed by atoms with Crippen LogP contribution in [0.1, 0.15) is 0 Å². The number of methoxy groups -OCH3 is 3. The molecule has 0 amide bonds. The zero-order valence-electron chi connectivity index (χ0n) is 14.8. The molecule has 0 fully saturated rings. The molecule has 0 spiro atoms. The summed E-state index contributed by atoms with van der Waals surface area (Å²) in [6, 6.07) is 9.64. The van der Waals surface area contributed by atoms with E-state index in [0.29, 0.717) is 33.1 Å². The Bertz CT molecular complexity index is 933. The topological polar surface area (TPSA) is 109 Å². The lowest BCUT2D eigenvalue weighted by atomic mass is 10.2. The van der Waals surface area contributed by atoms with Gasteiger partial charge in [0.15, 0.2) is 11.5 Å². The van der Waals surface area contributed by atoms with Crippen LogP contribution in [0.4, 0.5) is 16.5 Å². The summed E-state index contributed by atoms with van der Waals surface area (Å²) in [5.41, 5.74) is 1.46. The van der Waals surface area contributed by atoms with Crippen LogP contribution >= 0.6 is 11.3 Å². The number of aromatic nitrogens is 2. The molecular formula is C17H16N4O5S. The molecule has 27 heavy (non-hydrogen) atoms. The fourth-order valence-corrected chi connectivity index (χ4v) is 3.14. The first-order valence-corrected chi connectivity index (χ1v) is 8.52. The Kier molecular flexibility index (Phi) is 5.36. The minimum Gasteiger partial charge on any atom is -0.493 e. The number of hydrogen-bond donors (Lipinski definition) is 1. The maximum Gasteiger partial charge on any atom is 0.269 e. The van der Waals surface area contributed by atoms with Crippen molar-refractivity contribution >= 4 is 27.8 Å². The smallest absolute Gasteiger partial charge is 0.269 e. The zero-order chi connectivity index (χ0) is 19.4. The summed E-state index contributed by atoms with van der Waals surface area (Å²) >= 11 is 1.32. The summed E-state index contributed by atoms with van der Waals surface area (Å²) in [7, 11) is 4.63. The summed E-state index contributed by atoms with van der Waals surface area (Å²) < 4.78 is 16.0. The van der Waals surface area contributed by atoms with E-state index in [1.54, 1.807) is 38.5 Å². The molecule has 140 valence electrons. The second-order valence-electron chi connectivity index (χ2n) is 5.26. The van der Waals surface area contributed by atoms with Gasteiger partial charge in [-0.1, -0.05) is 11.3 Å². The van der Waals surface area contributed by atoms with Gasteiger partial charge in [-0.15, -0.1) is 10.2 Å². The van der Waals surface area contributed by atoms with Crippen LogP contribution < -0.4 is 19.5 Å². The highest BCUT2D eigenvalue weighted by Crippen LogP contribution is 2.42. The van der Waals surface area contributed by atoms with Crippen molar-refractivity contribution in [3.05, 3.63) is 46.5 Å². The normalized spacial score (nSPS) is 10.3. The van der Waals surface area contributed by atoms with Gasteiger partial charge in [-0.2, -0.15) is 0 Å². The Morgan fingerprint density at radius 3 is 2.15 bits per heavy atom. The molecule has 9 nitrogen and oxygen atoms in total. The van der Waals surface area contributed by atoms with Crippen LogP contribution in [0.25, 0.3) is 10.6 Å². The van der Waals surface area contributed by atoms with Crippen molar-refractivity contribution in [3.63, 3.8) is 0 Å². The van der Waals surface area contributed by atoms with E-state index in [-0.39, 0.29) is 5.69 Å². The molecule has 10 heteroatoms. The SMILES string of the molecule is COc1cc(-c2nnc(Nc3ccc([N+](=O)[O-])cc3)s2)cc(OC)c1OC. The van der Waals surface area contributed by atoms with Crippen LogP contribution in [0, 0.1) is 10.1 Å². The lowest BCUT2D eigenvalue weighted by molar-refractivity contribution is -0.384. The van der Waals surface area contributed by atoms with Crippen molar-refractivity contribution in [1.82, 2.24) is 10.2 Å². The van der Waals surface area contributed by atoms with Gasteiger partial charge in [0.05, 0.1) is 26.3 Å². The molecule has 0 bridgehead atoms. The summed E-state index contributed by atoms with van der Waals surface area (Å²) in [5.74, 6) is 1.54. The summed E-state index contributed by atoms with van der Waals surface area (Å²) in [6.07, 6.45) is 0. The molecule has 1 N–H and O–H groups in total. The number of benzene rings is 2. The third kappa shape index (κ3) is 3.90. The molecule has 0 unspecified atom stereocenters. The summed E-state index contributed by atoms with van der Waals surface area (Å²) in [4.78, 5) is 10.3. The first-order chi connectivity index (χ1) is 13.0. The Labute approximate surface area is 158 Å². The van der Waals surface area contributed by atoms with Crippen LogP contribution in [0.5, 0.6) is 17.2 Å². The number of anilines is 2. The molecule has 0 saturated heterocycles. The van der Waals surface area contributed by atoms with Gasteiger partial charge in [-0.05, 0) is 24.3 Å². The van der Waals surface area contributed by atoms with Gasteiger partial charge in [0.2, 0.25) is 10.9 Å². The van der Waals surface area contributed by atoms with Crippen molar-refractivity contribution in [2.45, 2.75) is 0 Å². The Morgan fingerprint density at radius 2 is 1.63 bits per heavy atom. The monoisotopic (exact) mass is 388 g/mol. The maximum absolute atomic E-state index is 10.7. The van der Waals surface area contributed by atoms with E-state index in [1.165, 1.54) is 30.6 Å². The fraction of sp³-hybridized carbons (Fsp3) is 0.176. The average molecular weight is 388 g/mol. The number of ether oxygens (including phenoxy) is 3. The molecule has 1 aromatic heterocycles. The van der Waals surface area contributed by atoms with Crippen LogP contribution in [-0.2, 0) is 0 Å². The molecule has 0 aliphatic heterocycles. The van der Waals surface area contributed by atoms with Gasteiger partial charge in [-0.25, -0.2) is 0 Å². The van der Waals surface area contributed by atoms with E-state index >= 15 is 0 Å². The predicted molar refractivity (Wildman–Crippen MR) is 101 cm³/mol. The Hall–Kier alpha value is -3.40. The van der Waals surface area contributed by atoms with Gasteiger partial charge in [0, 0.05) is 23.4 Å². The van der Waals surface area contributed by atoms with Crippen LogP contribution in [0.3, 0.4) is 0 Å². The number of nitro benzene ring substituents is 1. The first-order valence-electron chi connectivity index (χ1n) is 7.71. The zero-order valence-corrected chi connectivity index (χ0v) is 15.6. The van der Waals surface area contributed by atoms with Crippen molar-refractivity contribution in [3.8, 4) is 27.8 Å². The summed E-state index contributed by atoms with van der Waals surface area (Å²) in [5, 5.41) is 23.3. The minimum absolute atomic E-state index is 0.0240. The van der Waals surface area contributed by atoms with Crippen LogP contribution in [0.2, 0.25) is 0 Å². The molecule has 0 atom stereocenters. The van der Waals surface area contributed by atoms with E-state index in [1.807, 2.05) is 0 Å². The van der Waals surface area contributed by atoms with Gasteiger partial charge in [-0.3, -0.25) is 10.1 Å². The van der Waals surface area contributed by atoms with Crippen molar-refractivity contribution < 1.29 is 19.1 Å². The lowest BCUT2D eigenvalue weighted by Crippen LogP contribution is -1.95. The van der Waals surface area contributed by atoms with Crippen molar-refractivity contribution in [2.24, 2.45) is 0 Å². The van der Waals surface area contributed by atoms with Gasteiger partial charge >= 0.3 is 0 Å². The Balaban J connectivity index is 1.86. The highest BCUT2D eigenvalue weighted by Gasteiger charge is 2.16. The molecule has 0 aliphatic carbocycles. The molecule has 0 radical (unpaired) electrons. The van der Waals surface area contributed by atoms with Crippen LogP contribution in [-0.4, -0.2) is 36.5 Å². The van der Waals surface area contributed by atoms with E-state index < -0.39 is 4.92 Å². The Morgan fingerprint density at radius 1 is 1.00 bits per heavy atom. The highest BCUT2D eigenvalue weighted by molar-refractivity contribution is 7.18. The van der Waals surface area contributed by atoms with E-state index in [9.17, 15) is 10.1 Å². The molecule has 0 saturated carbocycles. The van der Waals surface area contributed by atoms with Crippen molar-refractivity contribution in [1.29, 1.82) is 0 Å². The fourth-order valence-electron chi connectivity index (χ4n) is 2.38. The minimum atomic E-state index is -0.447. The number of nitrogens with zero attached hydrogens (tertiary/aromatic N) is 3. The standard InChI is InChI=1S/C17H16N4O5S/c1-24-13-8-10(9-14(25-2)15(13)26-3)16-19-20-17(27-16)18-11-4-6-12(7-5-11)21(22)23/h4-9H,1-3H3,(H,18,20). The molecule has 3 rings (SSSR count). The number of hydrogen-bond acceptors (Lipinski definition) is 9. The summed E-state index contributed by atoms with van der Waals surface area (Å²) in [6.45, 7) is 0. The molecule has 2 aromatic carbocycles.